The van der Waals surface area contributed by atoms with Gasteiger partial charge in [-0.1, -0.05) is 6.92 Å². The third-order valence-electron chi connectivity index (χ3n) is 4.44. The first-order valence-corrected chi connectivity index (χ1v) is 7.97. The topological polar surface area (TPSA) is 59.6 Å². The van der Waals surface area contributed by atoms with Gasteiger partial charge < -0.3 is 20.1 Å². The second kappa shape index (κ2) is 9.69. The maximum absolute atomic E-state index is 13.8. The Kier molecular flexibility index (Phi) is 8.28. The van der Waals surface area contributed by atoms with Gasteiger partial charge in [0.15, 0.2) is 11.6 Å². The standard InChI is InChI=1S/C17H25FN2O3.ClH/c1-11(12-4-6-19-7-5-12)8-17(21)20-14-9-13(18)15(22-2)10-16(14)23-3;/h9-12,19H,4-8H2,1-3H3,(H,20,21);1H. The lowest BCUT2D eigenvalue weighted by atomic mass is 9.84. The average Bonchev–Trinajstić information content (AvgIpc) is 2.55. The summed E-state index contributed by atoms with van der Waals surface area (Å²) in [6.07, 6.45) is 2.60. The van der Waals surface area contributed by atoms with Crippen molar-refractivity contribution in [3.63, 3.8) is 0 Å². The number of hydrogen-bond donors (Lipinski definition) is 2. The number of methoxy groups -OCH3 is 2. The van der Waals surface area contributed by atoms with Crippen LogP contribution in [0.1, 0.15) is 26.2 Å². The van der Waals surface area contributed by atoms with Crippen LogP contribution in [0.3, 0.4) is 0 Å². The van der Waals surface area contributed by atoms with Gasteiger partial charge in [-0.3, -0.25) is 4.79 Å². The van der Waals surface area contributed by atoms with Crippen LogP contribution in [0.15, 0.2) is 12.1 Å². The number of rotatable bonds is 6. The minimum Gasteiger partial charge on any atom is -0.494 e. The molecule has 1 atom stereocenters. The van der Waals surface area contributed by atoms with Crippen molar-refractivity contribution in [1.29, 1.82) is 0 Å². The molecule has 5 nitrogen and oxygen atoms in total. The van der Waals surface area contributed by atoms with Crippen molar-refractivity contribution < 1.29 is 18.7 Å². The summed E-state index contributed by atoms with van der Waals surface area (Å²) < 4.78 is 23.9. The van der Waals surface area contributed by atoms with E-state index >= 15 is 0 Å². The molecule has 1 heterocycles. The number of halogens is 2. The third-order valence-corrected chi connectivity index (χ3v) is 4.44. The highest BCUT2D eigenvalue weighted by atomic mass is 35.5. The predicted octanol–water partition coefficient (Wildman–Crippen LogP) is 3.23. The molecule has 2 rings (SSSR count). The fourth-order valence-corrected chi connectivity index (χ4v) is 3.03. The Labute approximate surface area is 148 Å². The van der Waals surface area contributed by atoms with Crippen LogP contribution in [0.5, 0.6) is 11.5 Å². The predicted molar refractivity (Wildman–Crippen MR) is 94.8 cm³/mol. The van der Waals surface area contributed by atoms with Crippen LogP contribution in [0.4, 0.5) is 10.1 Å². The number of piperidine rings is 1. The van der Waals surface area contributed by atoms with E-state index in [9.17, 15) is 9.18 Å². The van der Waals surface area contributed by atoms with E-state index in [4.69, 9.17) is 9.47 Å². The van der Waals surface area contributed by atoms with Gasteiger partial charge >= 0.3 is 0 Å². The van der Waals surface area contributed by atoms with Crippen LogP contribution in [-0.2, 0) is 4.79 Å². The van der Waals surface area contributed by atoms with E-state index in [-0.39, 0.29) is 24.1 Å². The SMILES string of the molecule is COc1cc(OC)c(NC(=O)CC(C)C2CCNCC2)cc1F.Cl. The van der Waals surface area contributed by atoms with Crippen molar-refractivity contribution in [1.82, 2.24) is 5.32 Å². The molecule has 0 saturated carbocycles. The van der Waals surface area contributed by atoms with Crippen molar-refractivity contribution in [3.8, 4) is 11.5 Å². The second-order valence-electron chi connectivity index (χ2n) is 6.00. The molecule has 136 valence electrons. The zero-order chi connectivity index (χ0) is 16.8. The molecule has 2 N–H and O–H groups in total. The van der Waals surface area contributed by atoms with Crippen LogP contribution in [0.25, 0.3) is 0 Å². The summed E-state index contributed by atoms with van der Waals surface area (Å²) in [5, 5.41) is 6.07. The monoisotopic (exact) mass is 360 g/mol. The van der Waals surface area contributed by atoms with Crippen molar-refractivity contribution in [2.45, 2.75) is 26.2 Å². The lowest BCUT2D eigenvalue weighted by Crippen LogP contribution is -2.32. The van der Waals surface area contributed by atoms with E-state index < -0.39 is 5.82 Å². The Hall–Kier alpha value is -1.53. The Balaban J connectivity index is 0.00000288. The van der Waals surface area contributed by atoms with Crippen LogP contribution in [-0.4, -0.2) is 33.2 Å². The molecule has 0 spiro atoms. The summed E-state index contributed by atoms with van der Waals surface area (Å²) in [6.45, 7) is 4.11. The minimum absolute atomic E-state index is 0. The first-order chi connectivity index (χ1) is 11.0. The molecule has 1 unspecified atom stereocenters. The Morgan fingerprint density at radius 3 is 2.50 bits per heavy atom. The van der Waals surface area contributed by atoms with Gasteiger partial charge in [-0.25, -0.2) is 4.39 Å². The number of nitrogens with one attached hydrogen (secondary N) is 2. The number of hydrogen-bond acceptors (Lipinski definition) is 4. The number of amides is 1. The van der Waals surface area contributed by atoms with Gasteiger partial charge in [0.25, 0.3) is 0 Å². The number of ether oxygens (including phenoxy) is 2. The molecule has 24 heavy (non-hydrogen) atoms. The molecule has 0 aliphatic carbocycles. The molecule has 1 aliphatic rings. The molecule has 1 aromatic carbocycles. The van der Waals surface area contributed by atoms with E-state index in [2.05, 4.69) is 17.6 Å². The van der Waals surface area contributed by atoms with E-state index in [0.717, 1.165) is 25.9 Å². The van der Waals surface area contributed by atoms with E-state index in [1.54, 1.807) is 0 Å². The largest absolute Gasteiger partial charge is 0.494 e. The van der Waals surface area contributed by atoms with E-state index in [1.807, 2.05) is 0 Å². The Morgan fingerprint density at radius 1 is 1.29 bits per heavy atom. The summed E-state index contributed by atoms with van der Waals surface area (Å²) in [6, 6.07) is 2.66. The van der Waals surface area contributed by atoms with Crippen LogP contribution in [0.2, 0.25) is 0 Å². The van der Waals surface area contributed by atoms with Crippen molar-refractivity contribution in [2.24, 2.45) is 11.8 Å². The van der Waals surface area contributed by atoms with Crippen LogP contribution >= 0.6 is 12.4 Å². The average molecular weight is 361 g/mol. The summed E-state index contributed by atoms with van der Waals surface area (Å²) >= 11 is 0. The summed E-state index contributed by atoms with van der Waals surface area (Å²) in [4.78, 5) is 12.3. The third kappa shape index (κ3) is 5.24. The molecule has 7 heteroatoms. The molecule has 1 fully saturated rings. The highest BCUT2D eigenvalue weighted by Crippen LogP contribution is 2.32. The lowest BCUT2D eigenvalue weighted by Gasteiger charge is -2.28. The molecule has 1 amide bonds. The van der Waals surface area contributed by atoms with Crippen molar-refractivity contribution >= 4 is 24.0 Å². The first kappa shape index (κ1) is 20.5. The molecule has 0 radical (unpaired) electrons. The zero-order valence-corrected chi connectivity index (χ0v) is 15.2. The van der Waals surface area contributed by atoms with Crippen LogP contribution in [0, 0.1) is 17.7 Å². The zero-order valence-electron chi connectivity index (χ0n) is 14.4. The first-order valence-electron chi connectivity index (χ1n) is 7.97. The van der Waals surface area contributed by atoms with Crippen LogP contribution < -0.4 is 20.1 Å². The van der Waals surface area contributed by atoms with Gasteiger partial charge in [-0.05, 0) is 37.8 Å². The van der Waals surface area contributed by atoms with Crippen molar-refractivity contribution in [2.75, 3.05) is 32.6 Å². The molecular formula is C17H26ClFN2O3. The second-order valence-corrected chi connectivity index (χ2v) is 6.00. The van der Waals surface area contributed by atoms with Gasteiger partial charge in [0, 0.05) is 18.6 Å². The fraction of sp³-hybridized carbons (Fsp3) is 0.588. The number of carbonyl (C=O) groups excluding carboxylic acids is 1. The Morgan fingerprint density at radius 2 is 1.92 bits per heavy atom. The van der Waals surface area contributed by atoms with Gasteiger partial charge in [0.05, 0.1) is 19.9 Å². The highest BCUT2D eigenvalue weighted by Gasteiger charge is 2.22. The summed E-state index contributed by atoms with van der Waals surface area (Å²) in [5.41, 5.74) is 0.327. The molecule has 1 aromatic rings. The minimum atomic E-state index is -0.532. The molecule has 0 bridgehead atoms. The molecular weight excluding hydrogens is 335 g/mol. The lowest BCUT2D eigenvalue weighted by molar-refractivity contribution is -0.117. The van der Waals surface area contributed by atoms with Gasteiger partial charge in [-0.15, -0.1) is 12.4 Å². The van der Waals surface area contributed by atoms with E-state index in [0.29, 0.717) is 29.7 Å². The summed E-state index contributed by atoms with van der Waals surface area (Å²) in [5.74, 6) is 0.658. The maximum atomic E-state index is 13.8. The van der Waals surface area contributed by atoms with Crippen molar-refractivity contribution in [3.05, 3.63) is 17.9 Å². The summed E-state index contributed by atoms with van der Waals surface area (Å²) in [7, 11) is 2.86. The molecule has 0 aromatic heterocycles. The molecule has 1 aliphatic heterocycles. The fourth-order valence-electron chi connectivity index (χ4n) is 3.03. The van der Waals surface area contributed by atoms with Gasteiger partial charge in [0.2, 0.25) is 5.91 Å². The Bertz CT molecular complexity index is 551. The highest BCUT2D eigenvalue weighted by molar-refractivity contribution is 5.92. The number of benzene rings is 1. The normalized spacial score (nSPS) is 16.0. The van der Waals surface area contributed by atoms with E-state index in [1.165, 1.54) is 26.4 Å². The maximum Gasteiger partial charge on any atom is 0.224 e. The number of carbonyl (C=O) groups is 1. The number of anilines is 1. The van der Waals surface area contributed by atoms with Gasteiger partial charge in [-0.2, -0.15) is 0 Å². The van der Waals surface area contributed by atoms with Gasteiger partial charge in [0.1, 0.15) is 5.75 Å². The smallest absolute Gasteiger partial charge is 0.224 e. The quantitative estimate of drug-likeness (QED) is 0.817. The molecule has 1 saturated heterocycles.